The Morgan fingerprint density at radius 2 is 2.23 bits per heavy atom. The number of carbonyl (C=O) groups excluding carboxylic acids is 1. The van der Waals surface area contributed by atoms with Crippen LogP contribution in [0.2, 0.25) is 0 Å². The van der Waals surface area contributed by atoms with Crippen LogP contribution in [0.5, 0.6) is 5.75 Å². The number of anilines is 1. The Morgan fingerprint density at radius 3 is 2.95 bits per heavy atom. The standard InChI is InChI=1S/C16H16N4O2/c1-3-22-13-7-5-9-20-14(11(2)18-15(13)20)16(21)19-12-6-4-8-17-10-12/h4-10H,3H2,1-2H3,(H,19,21). The maximum absolute atomic E-state index is 12.5. The molecular weight excluding hydrogens is 280 g/mol. The van der Waals surface area contributed by atoms with E-state index in [0.717, 1.165) is 0 Å². The fourth-order valence-electron chi connectivity index (χ4n) is 2.32. The van der Waals surface area contributed by atoms with Gasteiger partial charge in [-0.2, -0.15) is 0 Å². The van der Waals surface area contributed by atoms with Crippen molar-refractivity contribution < 1.29 is 9.53 Å². The molecule has 6 nitrogen and oxygen atoms in total. The monoisotopic (exact) mass is 296 g/mol. The van der Waals surface area contributed by atoms with E-state index in [1.165, 1.54) is 0 Å². The highest BCUT2D eigenvalue weighted by molar-refractivity contribution is 6.04. The number of ether oxygens (including phenoxy) is 1. The predicted octanol–water partition coefficient (Wildman–Crippen LogP) is 2.69. The summed E-state index contributed by atoms with van der Waals surface area (Å²) in [5, 5.41) is 2.83. The zero-order valence-corrected chi connectivity index (χ0v) is 12.4. The third-order valence-electron chi connectivity index (χ3n) is 3.22. The molecule has 1 amide bonds. The molecule has 0 aliphatic rings. The molecule has 0 radical (unpaired) electrons. The number of carbonyl (C=O) groups is 1. The van der Waals surface area contributed by atoms with Gasteiger partial charge in [-0.05, 0) is 38.1 Å². The highest BCUT2D eigenvalue weighted by atomic mass is 16.5. The maximum Gasteiger partial charge on any atom is 0.274 e. The second-order valence-corrected chi connectivity index (χ2v) is 4.74. The quantitative estimate of drug-likeness (QED) is 0.803. The minimum atomic E-state index is -0.230. The SMILES string of the molecule is CCOc1cccn2c(C(=O)Nc3cccnc3)c(C)nc12. The first-order valence-electron chi connectivity index (χ1n) is 7.02. The summed E-state index contributed by atoms with van der Waals surface area (Å²) in [7, 11) is 0. The van der Waals surface area contributed by atoms with E-state index in [4.69, 9.17) is 4.74 Å². The van der Waals surface area contributed by atoms with Crippen LogP contribution in [-0.4, -0.2) is 26.9 Å². The van der Waals surface area contributed by atoms with Crippen molar-refractivity contribution in [1.82, 2.24) is 14.4 Å². The molecule has 0 aliphatic carbocycles. The molecule has 3 heterocycles. The predicted molar refractivity (Wildman–Crippen MR) is 83.3 cm³/mol. The van der Waals surface area contributed by atoms with Crippen molar-refractivity contribution in [2.75, 3.05) is 11.9 Å². The molecule has 0 bridgehead atoms. The van der Waals surface area contributed by atoms with Crippen LogP contribution < -0.4 is 10.1 Å². The topological polar surface area (TPSA) is 68.5 Å². The van der Waals surface area contributed by atoms with Crippen molar-refractivity contribution in [3.8, 4) is 5.75 Å². The van der Waals surface area contributed by atoms with Crippen molar-refractivity contribution >= 4 is 17.2 Å². The van der Waals surface area contributed by atoms with Gasteiger partial charge in [-0.1, -0.05) is 0 Å². The Balaban J connectivity index is 2.01. The van der Waals surface area contributed by atoms with E-state index in [1.807, 2.05) is 19.1 Å². The largest absolute Gasteiger partial charge is 0.490 e. The Hall–Kier alpha value is -2.89. The molecule has 0 atom stereocenters. The summed E-state index contributed by atoms with van der Waals surface area (Å²) in [6.45, 7) is 4.26. The number of hydrogen-bond acceptors (Lipinski definition) is 4. The minimum Gasteiger partial charge on any atom is -0.490 e. The van der Waals surface area contributed by atoms with Crippen molar-refractivity contribution in [3.63, 3.8) is 0 Å². The third-order valence-corrected chi connectivity index (χ3v) is 3.22. The summed E-state index contributed by atoms with van der Waals surface area (Å²) in [5.41, 5.74) is 2.41. The average Bonchev–Trinajstić information content (AvgIpc) is 2.86. The summed E-state index contributed by atoms with van der Waals surface area (Å²) >= 11 is 0. The van der Waals surface area contributed by atoms with Gasteiger partial charge in [0, 0.05) is 12.4 Å². The number of aryl methyl sites for hydroxylation is 1. The van der Waals surface area contributed by atoms with Gasteiger partial charge in [0.05, 0.1) is 24.2 Å². The van der Waals surface area contributed by atoms with Crippen molar-refractivity contribution in [3.05, 3.63) is 54.2 Å². The van der Waals surface area contributed by atoms with Gasteiger partial charge >= 0.3 is 0 Å². The number of rotatable bonds is 4. The number of pyridine rings is 2. The number of fused-ring (bicyclic) bond motifs is 1. The van der Waals surface area contributed by atoms with E-state index >= 15 is 0 Å². The van der Waals surface area contributed by atoms with Crippen LogP contribution in [0, 0.1) is 6.92 Å². The van der Waals surface area contributed by atoms with E-state index < -0.39 is 0 Å². The molecule has 0 aromatic carbocycles. The Labute approximate surface area is 127 Å². The van der Waals surface area contributed by atoms with Crippen molar-refractivity contribution in [2.45, 2.75) is 13.8 Å². The number of nitrogens with one attached hydrogen (secondary N) is 1. The van der Waals surface area contributed by atoms with Crippen LogP contribution in [0.15, 0.2) is 42.9 Å². The van der Waals surface area contributed by atoms with Crippen LogP contribution in [0.25, 0.3) is 5.65 Å². The third kappa shape index (κ3) is 2.50. The Bertz CT molecular complexity index is 812. The second kappa shape index (κ2) is 5.85. The lowest BCUT2D eigenvalue weighted by molar-refractivity contribution is 0.102. The average molecular weight is 296 g/mol. The lowest BCUT2D eigenvalue weighted by atomic mass is 10.3. The smallest absolute Gasteiger partial charge is 0.274 e. The summed E-state index contributed by atoms with van der Waals surface area (Å²) < 4.78 is 7.30. The zero-order chi connectivity index (χ0) is 15.5. The second-order valence-electron chi connectivity index (χ2n) is 4.74. The fourth-order valence-corrected chi connectivity index (χ4v) is 2.32. The lowest BCUT2D eigenvalue weighted by Gasteiger charge is -2.07. The summed E-state index contributed by atoms with van der Waals surface area (Å²) in [6, 6.07) is 7.23. The number of aromatic nitrogens is 3. The summed E-state index contributed by atoms with van der Waals surface area (Å²) in [6.07, 6.45) is 5.06. The lowest BCUT2D eigenvalue weighted by Crippen LogP contribution is -2.15. The Kier molecular flexibility index (Phi) is 3.74. The van der Waals surface area contributed by atoms with Crippen LogP contribution >= 0.6 is 0 Å². The molecule has 0 aliphatic heterocycles. The highest BCUT2D eigenvalue weighted by Gasteiger charge is 2.18. The van der Waals surface area contributed by atoms with Gasteiger partial charge in [0.15, 0.2) is 11.4 Å². The van der Waals surface area contributed by atoms with E-state index in [0.29, 0.717) is 35.1 Å². The number of amides is 1. The minimum absolute atomic E-state index is 0.230. The van der Waals surface area contributed by atoms with Gasteiger partial charge in [-0.15, -0.1) is 0 Å². The first-order chi connectivity index (χ1) is 10.7. The van der Waals surface area contributed by atoms with Crippen molar-refractivity contribution in [1.29, 1.82) is 0 Å². The molecule has 0 saturated carbocycles. The zero-order valence-electron chi connectivity index (χ0n) is 12.4. The molecule has 22 heavy (non-hydrogen) atoms. The molecule has 3 aromatic heterocycles. The molecule has 6 heteroatoms. The van der Waals surface area contributed by atoms with E-state index in [9.17, 15) is 4.79 Å². The molecule has 3 aromatic rings. The summed E-state index contributed by atoms with van der Waals surface area (Å²) in [5.74, 6) is 0.431. The normalized spacial score (nSPS) is 10.6. The van der Waals surface area contributed by atoms with E-state index in [-0.39, 0.29) is 5.91 Å². The van der Waals surface area contributed by atoms with Crippen molar-refractivity contribution in [2.24, 2.45) is 0 Å². The highest BCUT2D eigenvalue weighted by Crippen LogP contribution is 2.22. The van der Waals surface area contributed by atoms with E-state index in [1.54, 1.807) is 42.0 Å². The molecule has 1 N–H and O–H groups in total. The maximum atomic E-state index is 12.5. The van der Waals surface area contributed by atoms with Gasteiger partial charge < -0.3 is 10.1 Å². The Morgan fingerprint density at radius 1 is 1.36 bits per heavy atom. The fraction of sp³-hybridized carbons (Fsp3) is 0.188. The van der Waals surface area contributed by atoms with Gasteiger partial charge in [0.2, 0.25) is 0 Å². The van der Waals surface area contributed by atoms with Gasteiger partial charge in [-0.25, -0.2) is 4.98 Å². The molecule has 112 valence electrons. The number of imidazole rings is 1. The van der Waals surface area contributed by atoms with Crippen LogP contribution in [-0.2, 0) is 0 Å². The molecular formula is C16H16N4O2. The molecule has 0 fully saturated rings. The molecule has 0 spiro atoms. The van der Waals surface area contributed by atoms with Crippen LogP contribution in [0.3, 0.4) is 0 Å². The molecule has 0 unspecified atom stereocenters. The number of hydrogen-bond donors (Lipinski definition) is 1. The van der Waals surface area contributed by atoms with E-state index in [2.05, 4.69) is 15.3 Å². The van der Waals surface area contributed by atoms with Gasteiger partial charge in [-0.3, -0.25) is 14.2 Å². The van der Waals surface area contributed by atoms with Gasteiger partial charge in [0.25, 0.3) is 5.91 Å². The first kappa shape index (κ1) is 14.1. The van der Waals surface area contributed by atoms with Crippen LogP contribution in [0.4, 0.5) is 5.69 Å². The molecule has 3 rings (SSSR count). The van der Waals surface area contributed by atoms with Crippen LogP contribution in [0.1, 0.15) is 23.1 Å². The number of nitrogens with zero attached hydrogens (tertiary/aromatic N) is 3. The first-order valence-corrected chi connectivity index (χ1v) is 7.02. The molecule has 0 saturated heterocycles. The summed E-state index contributed by atoms with van der Waals surface area (Å²) in [4.78, 5) is 21.0. The van der Waals surface area contributed by atoms with Gasteiger partial charge in [0.1, 0.15) is 5.69 Å².